The number of nitrogens with one attached hydrogen (secondary N) is 1. The Bertz CT molecular complexity index is 490. The first-order valence-electron chi connectivity index (χ1n) is 5.14. The van der Waals surface area contributed by atoms with Crippen LogP contribution in [0.3, 0.4) is 0 Å². The van der Waals surface area contributed by atoms with Crippen LogP contribution in [0.2, 0.25) is 5.02 Å². The number of piperazine rings is 1. The number of hydrogen-bond acceptors (Lipinski definition) is 4. The van der Waals surface area contributed by atoms with Crippen molar-refractivity contribution in [2.45, 2.75) is 13.0 Å². The summed E-state index contributed by atoms with van der Waals surface area (Å²) in [7, 11) is 0. The number of imide groups is 1. The number of nitrogens with zero attached hydrogens (tertiary/aromatic N) is 1. The molecular weight excluding hydrogens is 242 g/mol. The first kappa shape index (κ1) is 11.7. The van der Waals surface area contributed by atoms with Crippen molar-refractivity contribution >= 4 is 34.8 Å². The molecule has 0 aliphatic carbocycles. The summed E-state index contributed by atoms with van der Waals surface area (Å²) in [4.78, 5) is 24.5. The van der Waals surface area contributed by atoms with Crippen LogP contribution >= 0.6 is 11.6 Å². The second-order valence-electron chi connectivity index (χ2n) is 3.92. The number of rotatable bonds is 1. The van der Waals surface area contributed by atoms with Crippen LogP contribution in [0.15, 0.2) is 18.2 Å². The Morgan fingerprint density at radius 3 is 2.88 bits per heavy atom. The number of carbonyl (C=O) groups excluding carboxylic acids is 2. The summed E-state index contributed by atoms with van der Waals surface area (Å²) in [5.41, 5.74) is 6.92. The molecule has 17 heavy (non-hydrogen) atoms. The third-order valence-electron chi connectivity index (χ3n) is 2.73. The van der Waals surface area contributed by atoms with Gasteiger partial charge in [-0.15, -0.1) is 0 Å². The number of nitrogens with two attached hydrogens (primary N) is 1. The molecule has 1 aliphatic heterocycles. The second-order valence-corrected chi connectivity index (χ2v) is 4.36. The summed E-state index contributed by atoms with van der Waals surface area (Å²) >= 11 is 5.89. The number of halogens is 1. The fraction of sp³-hybridized carbons (Fsp3) is 0.273. The molecule has 3 N–H and O–H groups in total. The van der Waals surface area contributed by atoms with Crippen molar-refractivity contribution in [3.8, 4) is 0 Å². The van der Waals surface area contributed by atoms with Crippen LogP contribution in [-0.4, -0.2) is 24.4 Å². The van der Waals surface area contributed by atoms with Gasteiger partial charge >= 0.3 is 0 Å². The van der Waals surface area contributed by atoms with Crippen molar-refractivity contribution in [1.29, 1.82) is 0 Å². The number of hydrogen-bond donors (Lipinski definition) is 2. The highest BCUT2D eigenvalue weighted by molar-refractivity contribution is 6.31. The molecular formula is C11H12ClN3O2. The predicted octanol–water partition coefficient (Wildman–Crippen LogP) is 0.774. The molecule has 1 fully saturated rings. The number of amides is 2. The van der Waals surface area contributed by atoms with E-state index in [9.17, 15) is 9.59 Å². The molecule has 5 nitrogen and oxygen atoms in total. The molecule has 1 aliphatic rings. The Labute approximate surface area is 104 Å². The Kier molecular flexibility index (Phi) is 2.93. The van der Waals surface area contributed by atoms with Crippen molar-refractivity contribution < 1.29 is 9.59 Å². The minimum absolute atomic E-state index is 0.0947. The minimum atomic E-state index is -0.450. The SMILES string of the molecule is CC1C(=O)NC(=O)CN1c1cc(Cl)ccc1N. The molecule has 0 spiro atoms. The molecule has 1 aromatic rings. The third kappa shape index (κ3) is 2.19. The van der Waals surface area contributed by atoms with E-state index >= 15 is 0 Å². The molecule has 0 saturated carbocycles. The van der Waals surface area contributed by atoms with Gasteiger partial charge in [-0.25, -0.2) is 0 Å². The molecule has 1 saturated heterocycles. The molecule has 0 bridgehead atoms. The van der Waals surface area contributed by atoms with Gasteiger partial charge in [-0.2, -0.15) is 0 Å². The number of anilines is 2. The number of nitrogen functional groups attached to an aromatic ring is 1. The van der Waals surface area contributed by atoms with Crippen LogP contribution in [0.1, 0.15) is 6.92 Å². The van der Waals surface area contributed by atoms with E-state index in [-0.39, 0.29) is 18.4 Å². The molecule has 6 heteroatoms. The van der Waals surface area contributed by atoms with Gasteiger partial charge in [0.2, 0.25) is 11.8 Å². The van der Waals surface area contributed by atoms with Crippen molar-refractivity contribution in [2.75, 3.05) is 17.2 Å². The average molecular weight is 254 g/mol. The minimum Gasteiger partial charge on any atom is -0.397 e. The normalized spacial score (nSPS) is 20.4. The summed E-state index contributed by atoms with van der Waals surface area (Å²) in [6, 6.07) is 4.52. The molecule has 0 radical (unpaired) electrons. The molecule has 1 unspecified atom stereocenters. The van der Waals surface area contributed by atoms with Crippen molar-refractivity contribution in [3.63, 3.8) is 0 Å². The van der Waals surface area contributed by atoms with E-state index in [4.69, 9.17) is 17.3 Å². The molecule has 0 aromatic heterocycles. The van der Waals surface area contributed by atoms with Gasteiger partial charge in [0, 0.05) is 5.02 Å². The Morgan fingerprint density at radius 2 is 2.18 bits per heavy atom. The number of benzene rings is 1. The van der Waals surface area contributed by atoms with Gasteiger partial charge in [0.05, 0.1) is 17.9 Å². The average Bonchev–Trinajstić information content (AvgIpc) is 2.27. The Hall–Kier alpha value is -1.75. The van der Waals surface area contributed by atoms with E-state index in [0.717, 1.165) is 0 Å². The third-order valence-corrected chi connectivity index (χ3v) is 2.96. The van der Waals surface area contributed by atoms with Crippen LogP contribution in [0.5, 0.6) is 0 Å². The maximum atomic E-state index is 11.5. The fourth-order valence-electron chi connectivity index (χ4n) is 1.77. The Balaban J connectivity index is 2.40. The van der Waals surface area contributed by atoms with Gasteiger partial charge in [-0.05, 0) is 25.1 Å². The van der Waals surface area contributed by atoms with E-state index in [2.05, 4.69) is 5.32 Å². The van der Waals surface area contributed by atoms with Crippen molar-refractivity contribution in [1.82, 2.24) is 5.32 Å². The molecule has 2 rings (SSSR count). The van der Waals surface area contributed by atoms with Gasteiger partial charge < -0.3 is 10.6 Å². The van der Waals surface area contributed by atoms with Crippen LogP contribution in [-0.2, 0) is 9.59 Å². The quantitative estimate of drug-likeness (QED) is 0.573. The first-order valence-corrected chi connectivity index (χ1v) is 5.52. The van der Waals surface area contributed by atoms with E-state index in [1.54, 1.807) is 30.0 Å². The molecule has 1 atom stereocenters. The highest BCUT2D eigenvalue weighted by Gasteiger charge is 2.31. The zero-order valence-electron chi connectivity index (χ0n) is 9.24. The Morgan fingerprint density at radius 1 is 1.47 bits per heavy atom. The van der Waals surface area contributed by atoms with Crippen molar-refractivity contribution in [2.24, 2.45) is 0 Å². The fourth-order valence-corrected chi connectivity index (χ4v) is 1.94. The van der Waals surface area contributed by atoms with Gasteiger partial charge in [-0.3, -0.25) is 14.9 Å². The smallest absolute Gasteiger partial charge is 0.249 e. The van der Waals surface area contributed by atoms with E-state index in [1.807, 2.05) is 0 Å². The van der Waals surface area contributed by atoms with Crippen LogP contribution in [0.4, 0.5) is 11.4 Å². The molecule has 1 heterocycles. The lowest BCUT2D eigenvalue weighted by Gasteiger charge is -2.34. The summed E-state index contributed by atoms with van der Waals surface area (Å²) in [6.45, 7) is 1.81. The van der Waals surface area contributed by atoms with E-state index in [1.165, 1.54) is 0 Å². The lowest BCUT2D eigenvalue weighted by atomic mass is 10.1. The van der Waals surface area contributed by atoms with Gasteiger partial charge in [-0.1, -0.05) is 11.6 Å². The number of carbonyl (C=O) groups is 2. The largest absolute Gasteiger partial charge is 0.397 e. The molecule has 2 amide bonds. The summed E-state index contributed by atoms with van der Waals surface area (Å²) in [5, 5.41) is 2.78. The standard InChI is InChI=1S/C11H12ClN3O2/c1-6-11(17)14-10(16)5-15(6)9-4-7(12)2-3-8(9)13/h2-4,6H,5,13H2,1H3,(H,14,16,17). The predicted molar refractivity (Wildman–Crippen MR) is 65.8 cm³/mol. The summed E-state index contributed by atoms with van der Waals surface area (Å²) in [6.07, 6.45) is 0. The van der Waals surface area contributed by atoms with Gasteiger partial charge in [0.25, 0.3) is 0 Å². The van der Waals surface area contributed by atoms with Gasteiger partial charge in [0.1, 0.15) is 6.04 Å². The summed E-state index contributed by atoms with van der Waals surface area (Å²) in [5.74, 6) is -0.673. The zero-order chi connectivity index (χ0) is 12.6. The topological polar surface area (TPSA) is 75.4 Å². The maximum absolute atomic E-state index is 11.5. The summed E-state index contributed by atoms with van der Waals surface area (Å²) < 4.78 is 0. The van der Waals surface area contributed by atoms with E-state index < -0.39 is 6.04 Å². The lowest BCUT2D eigenvalue weighted by Crippen LogP contribution is -2.57. The highest BCUT2D eigenvalue weighted by Crippen LogP contribution is 2.29. The van der Waals surface area contributed by atoms with Crippen molar-refractivity contribution in [3.05, 3.63) is 23.2 Å². The molecule has 1 aromatic carbocycles. The van der Waals surface area contributed by atoms with Crippen LogP contribution < -0.4 is 16.0 Å². The molecule has 90 valence electrons. The first-order chi connectivity index (χ1) is 7.99. The van der Waals surface area contributed by atoms with Crippen LogP contribution in [0, 0.1) is 0 Å². The zero-order valence-corrected chi connectivity index (χ0v) is 9.99. The van der Waals surface area contributed by atoms with Crippen LogP contribution in [0.25, 0.3) is 0 Å². The van der Waals surface area contributed by atoms with E-state index in [0.29, 0.717) is 16.4 Å². The lowest BCUT2D eigenvalue weighted by molar-refractivity contribution is -0.132. The van der Waals surface area contributed by atoms with Gasteiger partial charge in [0.15, 0.2) is 0 Å². The second kappa shape index (κ2) is 4.25. The highest BCUT2D eigenvalue weighted by atomic mass is 35.5. The maximum Gasteiger partial charge on any atom is 0.249 e. The monoisotopic (exact) mass is 253 g/mol.